The second-order valence-electron chi connectivity index (χ2n) is 6.92. The molecule has 1 aliphatic rings. The zero-order chi connectivity index (χ0) is 19.7. The number of hydrogen-bond donors (Lipinski definition) is 0. The second kappa shape index (κ2) is 7.67. The largest absolute Gasteiger partial charge is 0.449 e. The first-order chi connectivity index (χ1) is 13.5. The number of alkyl halides is 2. The zero-order valence-corrected chi connectivity index (χ0v) is 15.5. The first kappa shape index (κ1) is 18.5. The number of aromatic nitrogens is 3. The molecule has 1 saturated heterocycles. The van der Waals surface area contributed by atoms with Crippen LogP contribution < -0.4 is 10.5 Å². The van der Waals surface area contributed by atoms with Gasteiger partial charge in [0.25, 0.3) is 12.0 Å². The third-order valence-corrected chi connectivity index (χ3v) is 4.93. The lowest BCUT2D eigenvalue weighted by molar-refractivity contribution is 0.125. The van der Waals surface area contributed by atoms with E-state index in [-0.39, 0.29) is 0 Å². The predicted octanol–water partition coefficient (Wildman–Crippen LogP) is 2.28. The molecule has 2 aromatic heterocycles. The summed E-state index contributed by atoms with van der Waals surface area (Å²) >= 11 is 0. The highest BCUT2D eigenvalue weighted by molar-refractivity contribution is 5.81. The maximum absolute atomic E-state index is 12.6. The number of halogens is 2. The van der Waals surface area contributed by atoms with Crippen molar-refractivity contribution in [3.8, 4) is 0 Å². The Balaban J connectivity index is 1.45. The number of hydrogen-bond acceptors (Lipinski definition) is 6. The molecule has 0 radical (unpaired) electrons. The van der Waals surface area contributed by atoms with Crippen LogP contribution in [0.25, 0.3) is 10.9 Å². The summed E-state index contributed by atoms with van der Waals surface area (Å²) in [5.41, 5.74) is 1.99. The van der Waals surface area contributed by atoms with Crippen LogP contribution in [0.3, 0.4) is 0 Å². The minimum absolute atomic E-state index is 0.354. The van der Waals surface area contributed by atoms with E-state index in [9.17, 15) is 13.6 Å². The highest BCUT2D eigenvalue weighted by Crippen LogP contribution is 2.21. The van der Waals surface area contributed by atoms with Crippen molar-refractivity contribution in [1.29, 1.82) is 0 Å². The van der Waals surface area contributed by atoms with Crippen molar-refractivity contribution in [1.82, 2.24) is 19.4 Å². The Hall–Kier alpha value is -2.81. The molecule has 0 bridgehead atoms. The Labute approximate surface area is 160 Å². The molecule has 148 valence electrons. The van der Waals surface area contributed by atoms with Crippen LogP contribution >= 0.6 is 0 Å². The summed E-state index contributed by atoms with van der Waals surface area (Å²) in [4.78, 5) is 25.4. The number of piperazine rings is 1. The average Bonchev–Trinajstić information content (AvgIpc) is 3.09. The Morgan fingerprint density at radius 1 is 1.21 bits per heavy atom. The molecule has 3 aromatic rings. The van der Waals surface area contributed by atoms with E-state index >= 15 is 0 Å². The van der Waals surface area contributed by atoms with Gasteiger partial charge in [0.2, 0.25) is 0 Å². The summed E-state index contributed by atoms with van der Waals surface area (Å²) in [5, 5.41) is 0.354. The van der Waals surface area contributed by atoms with E-state index < -0.39 is 18.5 Å². The number of rotatable bonds is 5. The number of aryl methyl sites for hydroxylation is 1. The van der Waals surface area contributed by atoms with E-state index in [2.05, 4.69) is 19.8 Å². The van der Waals surface area contributed by atoms with E-state index in [1.807, 2.05) is 19.1 Å². The molecule has 9 heteroatoms. The zero-order valence-electron chi connectivity index (χ0n) is 15.5. The highest BCUT2D eigenvalue weighted by Gasteiger charge is 2.19. The Morgan fingerprint density at radius 3 is 2.68 bits per heavy atom. The summed E-state index contributed by atoms with van der Waals surface area (Å²) in [7, 11) is 0. The Bertz CT molecular complexity index is 1020. The third-order valence-electron chi connectivity index (χ3n) is 4.93. The summed E-state index contributed by atoms with van der Waals surface area (Å²) in [5.74, 6) is 0.671. The molecule has 0 saturated carbocycles. The number of anilines is 1. The van der Waals surface area contributed by atoms with Crippen LogP contribution in [0, 0.1) is 6.92 Å². The molecule has 1 fully saturated rings. The Morgan fingerprint density at radius 2 is 2.00 bits per heavy atom. The third kappa shape index (κ3) is 3.89. The molecule has 1 aliphatic heterocycles. The van der Waals surface area contributed by atoms with Crippen molar-refractivity contribution in [3.05, 3.63) is 52.7 Å². The number of nitrogens with zero attached hydrogens (tertiary/aromatic N) is 5. The molecule has 0 aliphatic carbocycles. The molecule has 3 heterocycles. The van der Waals surface area contributed by atoms with Crippen LogP contribution in [0.1, 0.15) is 11.6 Å². The first-order valence-corrected chi connectivity index (χ1v) is 9.15. The molecule has 0 atom stereocenters. The van der Waals surface area contributed by atoms with Gasteiger partial charge in [-0.05, 0) is 18.2 Å². The number of benzene rings is 1. The topological polar surface area (TPSA) is 67.4 Å². The summed E-state index contributed by atoms with van der Waals surface area (Å²) in [6.45, 7) is 5.39. The predicted molar refractivity (Wildman–Crippen MR) is 101 cm³/mol. The summed E-state index contributed by atoms with van der Waals surface area (Å²) in [6.07, 6.45) is 0.296. The van der Waals surface area contributed by atoms with Gasteiger partial charge in [0, 0.05) is 45.3 Å². The Kier molecular flexibility index (Phi) is 5.08. The molecule has 0 amide bonds. The molecule has 4 rings (SSSR count). The normalized spacial score (nSPS) is 15.6. The van der Waals surface area contributed by atoms with Crippen molar-refractivity contribution in [2.45, 2.75) is 26.4 Å². The second-order valence-corrected chi connectivity index (χ2v) is 6.92. The van der Waals surface area contributed by atoms with Gasteiger partial charge >= 0.3 is 0 Å². The minimum Gasteiger partial charge on any atom is -0.449 e. The molecule has 0 N–H and O–H groups in total. The van der Waals surface area contributed by atoms with E-state index in [1.165, 1.54) is 6.33 Å². The lowest BCUT2D eigenvalue weighted by Gasteiger charge is -2.35. The molecule has 0 spiro atoms. The molecule has 0 unspecified atom stereocenters. The molecular weight excluding hydrogens is 368 g/mol. The van der Waals surface area contributed by atoms with Crippen LogP contribution in [0.2, 0.25) is 0 Å². The highest BCUT2D eigenvalue weighted by atomic mass is 19.3. The fourth-order valence-electron chi connectivity index (χ4n) is 3.50. The molecule has 1 aromatic carbocycles. The van der Waals surface area contributed by atoms with Gasteiger partial charge < -0.3 is 9.32 Å². The van der Waals surface area contributed by atoms with Gasteiger partial charge in [-0.3, -0.25) is 14.3 Å². The van der Waals surface area contributed by atoms with E-state index in [0.717, 1.165) is 48.7 Å². The summed E-state index contributed by atoms with van der Waals surface area (Å²) in [6, 6.07) is 5.38. The lowest BCUT2D eigenvalue weighted by Crippen LogP contribution is -2.46. The van der Waals surface area contributed by atoms with Crippen molar-refractivity contribution in [2.75, 3.05) is 31.1 Å². The van der Waals surface area contributed by atoms with Gasteiger partial charge in [-0.25, -0.2) is 18.7 Å². The standard InChI is InChI=1S/C19H21F2N5O2/c1-13-23-14(11-28-13)9-24-4-6-25(7-5-24)15-2-3-16-17(8-15)22-12-26(19(16)27)10-18(20)21/h2-3,8,11-12,18H,4-7,9-10H2,1H3. The molecular formula is C19H21F2N5O2. The van der Waals surface area contributed by atoms with Gasteiger partial charge in [-0.1, -0.05) is 0 Å². The SMILES string of the molecule is Cc1nc(CN2CCN(c3ccc4c(=O)n(CC(F)F)cnc4c3)CC2)co1. The van der Waals surface area contributed by atoms with Crippen molar-refractivity contribution < 1.29 is 13.2 Å². The van der Waals surface area contributed by atoms with Crippen LogP contribution in [0.15, 0.2) is 40.0 Å². The fourth-order valence-corrected chi connectivity index (χ4v) is 3.50. The average molecular weight is 389 g/mol. The first-order valence-electron chi connectivity index (χ1n) is 9.15. The van der Waals surface area contributed by atoms with Gasteiger partial charge in [-0.2, -0.15) is 0 Å². The molecule has 7 nitrogen and oxygen atoms in total. The van der Waals surface area contributed by atoms with E-state index in [1.54, 1.807) is 12.3 Å². The van der Waals surface area contributed by atoms with Gasteiger partial charge in [-0.15, -0.1) is 0 Å². The smallest absolute Gasteiger partial charge is 0.261 e. The van der Waals surface area contributed by atoms with Gasteiger partial charge in [0.05, 0.1) is 29.5 Å². The maximum atomic E-state index is 12.6. The van der Waals surface area contributed by atoms with Gasteiger partial charge in [0.1, 0.15) is 6.26 Å². The fraction of sp³-hybridized carbons (Fsp3) is 0.421. The van der Waals surface area contributed by atoms with Crippen LogP contribution in [-0.4, -0.2) is 52.0 Å². The van der Waals surface area contributed by atoms with Crippen LogP contribution in [0.4, 0.5) is 14.5 Å². The summed E-state index contributed by atoms with van der Waals surface area (Å²) < 4.78 is 31.3. The van der Waals surface area contributed by atoms with Gasteiger partial charge in [0.15, 0.2) is 5.89 Å². The number of oxazole rings is 1. The van der Waals surface area contributed by atoms with Crippen molar-refractivity contribution >= 4 is 16.6 Å². The monoisotopic (exact) mass is 389 g/mol. The van der Waals surface area contributed by atoms with E-state index in [4.69, 9.17) is 4.42 Å². The quantitative estimate of drug-likeness (QED) is 0.667. The lowest BCUT2D eigenvalue weighted by atomic mass is 10.2. The van der Waals surface area contributed by atoms with Crippen LogP contribution in [0.5, 0.6) is 0 Å². The van der Waals surface area contributed by atoms with E-state index in [0.29, 0.717) is 16.8 Å². The van der Waals surface area contributed by atoms with Crippen molar-refractivity contribution in [2.24, 2.45) is 0 Å². The number of fused-ring (bicyclic) bond motifs is 1. The minimum atomic E-state index is -2.59. The molecule has 28 heavy (non-hydrogen) atoms. The van der Waals surface area contributed by atoms with Crippen LogP contribution in [-0.2, 0) is 13.1 Å². The maximum Gasteiger partial charge on any atom is 0.261 e. The van der Waals surface area contributed by atoms with Crippen molar-refractivity contribution in [3.63, 3.8) is 0 Å².